The van der Waals surface area contributed by atoms with Crippen molar-refractivity contribution in [3.63, 3.8) is 0 Å². The van der Waals surface area contributed by atoms with Crippen LogP contribution >= 0.6 is 0 Å². The molecule has 1 amide bonds. The van der Waals surface area contributed by atoms with Gasteiger partial charge in [-0.1, -0.05) is 13.8 Å². The van der Waals surface area contributed by atoms with E-state index < -0.39 is 10.0 Å². The lowest BCUT2D eigenvalue weighted by Gasteiger charge is -2.16. The summed E-state index contributed by atoms with van der Waals surface area (Å²) in [4.78, 5) is 12.1. The number of rotatable bonds is 6. The number of benzene rings is 1. The average Bonchev–Trinajstić information content (AvgIpc) is 3.21. The summed E-state index contributed by atoms with van der Waals surface area (Å²) in [5.41, 5.74) is 2.36. The Balaban J connectivity index is 2.35. The molecule has 6 heteroatoms. The third-order valence-electron chi connectivity index (χ3n) is 3.80. The van der Waals surface area contributed by atoms with Crippen LogP contribution in [0.2, 0.25) is 0 Å². The maximum Gasteiger partial charge on any atom is 0.238 e. The van der Waals surface area contributed by atoms with Gasteiger partial charge in [-0.3, -0.25) is 4.79 Å². The van der Waals surface area contributed by atoms with E-state index in [-0.39, 0.29) is 10.8 Å². The zero-order valence-electron chi connectivity index (χ0n) is 12.5. The van der Waals surface area contributed by atoms with Gasteiger partial charge in [0.05, 0.1) is 4.90 Å². The van der Waals surface area contributed by atoms with Crippen LogP contribution in [0.25, 0.3) is 0 Å². The van der Waals surface area contributed by atoms with Crippen molar-refractivity contribution in [1.29, 1.82) is 0 Å². The number of amides is 1. The molecule has 0 radical (unpaired) electrons. The minimum atomic E-state index is -3.73. The molecule has 0 aliphatic heterocycles. The predicted molar refractivity (Wildman–Crippen MR) is 82.5 cm³/mol. The molecule has 0 bridgehead atoms. The van der Waals surface area contributed by atoms with Gasteiger partial charge < -0.3 is 5.32 Å². The topological polar surface area (TPSA) is 89.3 Å². The molecule has 3 N–H and O–H groups in total. The largest absolute Gasteiger partial charge is 0.326 e. The smallest absolute Gasteiger partial charge is 0.238 e. The number of sulfonamides is 1. The summed E-state index contributed by atoms with van der Waals surface area (Å²) < 4.78 is 23.1. The van der Waals surface area contributed by atoms with Gasteiger partial charge in [0.1, 0.15) is 0 Å². The van der Waals surface area contributed by atoms with Crippen LogP contribution in [0.4, 0.5) is 5.69 Å². The molecule has 21 heavy (non-hydrogen) atoms. The first-order chi connectivity index (χ1) is 9.85. The lowest BCUT2D eigenvalue weighted by molar-refractivity contribution is -0.116. The van der Waals surface area contributed by atoms with Crippen molar-refractivity contribution < 1.29 is 13.2 Å². The van der Waals surface area contributed by atoms with Crippen molar-refractivity contribution in [1.82, 2.24) is 0 Å². The molecule has 1 saturated carbocycles. The molecule has 1 aromatic carbocycles. The van der Waals surface area contributed by atoms with Crippen molar-refractivity contribution in [2.45, 2.75) is 50.8 Å². The van der Waals surface area contributed by atoms with E-state index >= 15 is 0 Å². The fraction of sp³-hybridized carbons (Fsp3) is 0.533. The minimum absolute atomic E-state index is 0.00487. The predicted octanol–water partition coefficient (Wildman–Crippen LogP) is 2.20. The fourth-order valence-corrected chi connectivity index (χ4v) is 3.01. The Hall–Kier alpha value is -1.40. The van der Waals surface area contributed by atoms with Gasteiger partial charge in [-0.25, -0.2) is 13.6 Å². The standard InChI is InChI=1S/C15H22N2O3S/c1-3-11-8-13(21(16,19)20)9-12(4-2)15(11)17-14(18)7-10-5-6-10/h8-10H,3-7H2,1-2H3,(H,17,18)(H2,16,19,20). The van der Waals surface area contributed by atoms with Gasteiger partial charge in [0, 0.05) is 12.1 Å². The van der Waals surface area contributed by atoms with Crippen molar-refractivity contribution >= 4 is 21.6 Å². The number of carbonyl (C=O) groups excluding carboxylic acids is 1. The maximum absolute atomic E-state index is 12.0. The number of carbonyl (C=O) groups is 1. The summed E-state index contributed by atoms with van der Waals surface area (Å²) >= 11 is 0. The monoisotopic (exact) mass is 310 g/mol. The summed E-state index contributed by atoms with van der Waals surface area (Å²) in [6.07, 6.45) is 4.06. The summed E-state index contributed by atoms with van der Waals surface area (Å²) in [6, 6.07) is 3.11. The van der Waals surface area contributed by atoms with Gasteiger partial charge >= 0.3 is 0 Å². The minimum Gasteiger partial charge on any atom is -0.326 e. The Morgan fingerprint density at radius 3 is 2.14 bits per heavy atom. The van der Waals surface area contributed by atoms with Crippen LogP contribution in [-0.2, 0) is 27.7 Å². The van der Waals surface area contributed by atoms with Crippen molar-refractivity contribution in [2.24, 2.45) is 11.1 Å². The summed E-state index contributed by atoms with van der Waals surface area (Å²) in [5.74, 6) is 0.522. The number of anilines is 1. The Bertz CT molecular complexity index is 624. The van der Waals surface area contributed by atoms with Crippen LogP contribution < -0.4 is 10.5 Å². The normalized spacial score (nSPS) is 15.0. The molecule has 0 saturated heterocycles. The van der Waals surface area contributed by atoms with Gasteiger partial charge in [0.2, 0.25) is 15.9 Å². The highest BCUT2D eigenvalue weighted by Gasteiger charge is 2.25. The Labute approximate surface area is 126 Å². The molecule has 5 nitrogen and oxygen atoms in total. The zero-order chi connectivity index (χ0) is 15.6. The van der Waals surface area contributed by atoms with E-state index in [1.807, 2.05) is 13.8 Å². The highest BCUT2D eigenvalue weighted by molar-refractivity contribution is 7.89. The second kappa shape index (κ2) is 6.15. The Morgan fingerprint density at radius 2 is 1.76 bits per heavy atom. The summed E-state index contributed by atoms with van der Waals surface area (Å²) in [6.45, 7) is 3.86. The molecule has 1 aliphatic rings. The number of hydrogen-bond acceptors (Lipinski definition) is 3. The lowest BCUT2D eigenvalue weighted by atomic mass is 10.0. The number of nitrogens with one attached hydrogen (secondary N) is 1. The molecular weight excluding hydrogens is 288 g/mol. The Morgan fingerprint density at radius 1 is 1.24 bits per heavy atom. The van der Waals surface area contributed by atoms with Crippen LogP contribution in [0.3, 0.4) is 0 Å². The van der Waals surface area contributed by atoms with E-state index in [1.54, 1.807) is 12.1 Å². The molecule has 0 heterocycles. The first kappa shape index (κ1) is 16.0. The van der Waals surface area contributed by atoms with E-state index in [4.69, 9.17) is 5.14 Å². The molecule has 0 unspecified atom stereocenters. The van der Waals surface area contributed by atoms with Crippen LogP contribution in [0.5, 0.6) is 0 Å². The number of nitrogens with two attached hydrogens (primary N) is 1. The summed E-state index contributed by atoms with van der Waals surface area (Å²) in [7, 11) is -3.73. The third kappa shape index (κ3) is 4.04. The molecular formula is C15H22N2O3S. The van der Waals surface area contributed by atoms with Crippen LogP contribution in [-0.4, -0.2) is 14.3 Å². The van der Waals surface area contributed by atoms with Gasteiger partial charge in [0.15, 0.2) is 0 Å². The molecule has 1 fully saturated rings. The van der Waals surface area contributed by atoms with Crippen molar-refractivity contribution in [3.8, 4) is 0 Å². The van der Waals surface area contributed by atoms with E-state index in [1.165, 1.54) is 0 Å². The van der Waals surface area contributed by atoms with Gasteiger partial charge in [-0.05, 0) is 54.9 Å². The van der Waals surface area contributed by atoms with E-state index in [0.717, 1.165) is 29.7 Å². The lowest BCUT2D eigenvalue weighted by Crippen LogP contribution is -2.17. The molecule has 1 aromatic rings. The fourth-order valence-electron chi connectivity index (χ4n) is 2.39. The van der Waals surface area contributed by atoms with E-state index in [2.05, 4.69) is 5.32 Å². The number of aryl methyl sites for hydroxylation is 2. The molecule has 0 atom stereocenters. The number of hydrogen-bond donors (Lipinski definition) is 2. The quantitative estimate of drug-likeness (QED) is 0.844. The van der Waals surface area contributed by atoms with Gasteiger partial charge in [-0.2, -0.15) is 0 Å². The maximum atomic E-state index is 12.0. The van der Waals surface area contributed by atoms with Crippen LogP contribution in [0, 0.1) is 5.92 Å². The van der Waals surface area contributed by atoms with Crippen LogP contribution in [0.15, 0.2) is 17.0 Å². The van der Waals surface area contributed by atoms with Crippen molar-refractivity contribution in [2.75, 3.05) is 5.32 Å². The first-order valence-electron chi connectivity index (χ1n) is 7.33. The average molecular weight is 310 g/mol. The Kier molecular flexibility index (Phi) is 4.68. The highest BCUT2D eigenvalue weighted by atomic mass is 32.2. The molecule has 116 valence electrons. The first-order valence-corrected chi connectivity index (χ1v) is 8.88. The van der Waals surface area contributed by atoms with Crippen molar-refractivity contribution in [3.05, 3.63) is 23.3 Å². The molecule has 1 aliphatic carbocycles. The van der Waals surface area contributed by atoms with Gasteiger partial charge in [0.25, 0.3) is 0 Å². The highest BCUT2D eigenvalue weighted by Crippen LogP contribution is 2.33. The van der Waals surface area contributed by atoms with Gasteiger partial charge in [-0.15, -0.1) is 0 Å². The second-order valence-electron chi connectivity index (χ2n) is 5.56. The number of primary sulfonamides is 1. The summed E-state index contributed by atoms with van der Waals surface area (Å²) in [5, 5.41) is 8.17. The van der Waals surface area contributed by atoms with Crippen LogP contribution in [0.1, 0.15) is 44.2 Å². The molecule has 2 rings (SSSR count). The van der Waals surface area contributed by atoms with E-state index in [9.17, 15) is 13.2 Å². The van der Waals surface area contributed by atoms with E-state index in [0.29, 0.717) is 25.2 Å². The molecule has 0 aromatic heterocycles. The zero-order valence-corrected chi connectivity index (χ0v) is 13.3. The second-order valence-corrected chi connectivity index (χ2v) is 7.13. The SMILES string of the molecule is CCc1cc(S(N)(=O)=O)cc(CC)c1NC(=O)CC1CC1. The third-order valence-corrected chi connectivity index (χ3v) is 4.69. The molecule has 0 spiro atoms.